The minimum atomic E-state index is -4.70. The highest BCUT2D eigenvalue weighted by Gasteiger charge is 2.61. The fourth-order valence-electron chi connectivity index (χ4n) is 2.70. The lowest BCUT2D eigenvalue weighted by Gasteiger charge is -2.29. The van der Waals surface area contributed by atoms with Gasteiger partial charge in [-0.2, -0.15) is 18.3 Å². The van der Waals surface area contributed by atoms with Crippen LogP contribution in [0.4, 0.5) is 13.2 Å². The first kappa shape index (κ1) is 22.1. The smallest absolute Gasteiger partial charge is 0.447 e. The van der Waals surface area contributed by atoms with Crippen LogP contribution >= 0.6 is 0 Å². The second-order valence-corrected chi connectivity index (χ2v) is 6.44. The van der Waals surface area contributed by atoms with Crippen molar-refractivity contribution in [1.29, 1.82) is 0 Å². The van der Waals surface area contributed by atoms with E-state index in [4.69, 9.17) is 23.7 Å². The van der Waals surface area contributed by atoms with Gasteiger partial charge in [0.05, 0.1) is 38.1 Å². The van der Waals surface area contributed by atoms with Crippen LogP contribution in [-0.2, 0) is 25.5 Å². The number of nitrogens with zero attached hydrogens (tertiary/aromatic N) is 2. The Morgan fingerprint density at radius 3 is 2.53 bits per heavy atom. The zero-order chi connectivity index (χ0) is 21.6. The van der Waals surface area contributed by atoms with Crippen LogP contribution in [-0.4, -0.2) is 67.9 Å². The summed E-state index contributed by atoms with van der Waals surface area (Å²) < 4.78 is 65.7. The average molecular weight is 430 g/mol. The number of benzene rings is 1. The zero-order valence-electron chi connectivity index (χ0n) is 16.2. The van der Waals surface area contributed by atoms with Crippen molar-refractivity contribution >= 4 is 5.97 Å². The van der Waals surface area contributed by atoms with Crippen molar-refractivity contribution in [3.63, 3.8) is 0 Å². The number of hydrogen-bond acceptors (Lipinski definition) is 7. The van der Waals surface area contributed by atoms with Crippen LogP contribution in [0.15, 0.2) is 36.7 Å². The molecule has 1 saturated heterocycles. The first-order valence-electron chi connectivity index (χ1n) is 9.08. The quantitative estimate of drug-likeness (QED) is 0.447. The third-order valence-electron chi connectivity index (χ3n) is 4.27. The van der Waals surface area contributed by atoms with Crippen LogP contribution in [0.5, 0.6) is 5.75 Å². The lowest BCUT2D eigenvalue weighted by Crippen LogP contribution is -2.51. The highest BCUT2D eigenvalue weighted by molar-refractivity contribution is 5.88. The number of carbonyl (C=O) groups excluding carboxylic acids is 1. The summed E-state index contributed by atoms with van der Waals surface area (Å²) in [6, 6.07) is 6.45. The Balaban J connectivity index is 1.54. The molecule has 0 radical (unpaired) electrons. The SMILES string of the molecule is COCCOC(=O)c1cnn(Cc2ccc(OCC3(C(F)(F)F)OCCO3)cc2)c1. The predicted octanol–water partition coefficient (Wildman–Crippen LogP) is 2.42. The third-order valence-corrected chi connectivity index (χ3v) is 4.27. The molecule has 0 spiro atoms. The van der Waals surface area contributed by atoms with Gasteiger partial charge in [-0.05, 0) is 17.7 Å². The second-order valence-electron chi connectivity index (χ2n) is 6.44. The minimum absolute atomic E-state index is 0.145. The summed E-state index contributed by atoms with van der Waals surface area (Å²) in [7, 11) is 1.51. The lowest BCUT2D eigenvalue weighted by molar-refractivity contribution is -0.350. The Kier molecular flexibility index (Phi) is 6.95. The molecule has 0 saturated carbocycles. The van der Waals surface area contributed by atoms with Gasteiger partial charge in [-0.15, -0.1) is 0 Å². The molecule has 1 aliphatic rings. The van der Waals surface area contributed by atoms with Crippen molar-refractivity contribution in [1.82, 2.24) is 9.78 Å². The van der Waals surface area contributed by atoms with E-state index in [-0.39, 0.29) is 25.6 Å². The molecule has 2 aromatic rings. The van der Waals surface area contributed by atoms with Gasteiger partial charge in [0.2, 0.25) is 0 Å². The number of esters is 1. The summed E-state index contributed by atoms with van der Waals surface area (Å²) in [6.07, 6.45) is -1.77. The molecule has 1 aliphatic heterocycles. The number of methoxy groups -OCH3 is 1. The highest BCUT2D eigenvalue weighted by atomic mass is 19.4. The minimum Gasteiger partial charge on any atom is -0.488 e. The van der Waals surface area contributed by atoms with Crippen molar-refractivity contribution in [3.05, 3.63) is 47.8 Å². The van der Waals surface area contributed by atoms with Crippen molar-refractivity contribution in [2.24, 2.45) is 0 Å². The Morgan fingerprint density at radius 2 is 1.90 bits per heavy atom. The van der Waals surface area contributed by atoms with Crippen molar-refractivity contribution in [2.75, 3.05) is 40.1 Å². The van der Waals surface area contributed by atoms with Gasteiger partial charge < -0.3 is 23.7 Å². The summed E-state index contributed by atoms with van der Waals surface area (Å²) in [6.45, 7) is -0.292. The van der Waals surface area contributed by atoms with E-state index in [0.29, 0.717) is 18.7 Å². The molecule has 0 aliphatic carbocycles. The second kappa shape index (κ2) is 9.45. The molecular weight excluding hydrogens is 409 g/mol. The number of halogens is 3. The van der Waals surface area contributed by atoms with Crippen LogP contribution in [0.3, 0.4) is 0 Å². The van der Waals surface area contributed by atoms with Gasteiger partial charge in [-0.25, -0.2) is 4.79 Å². The number of hydrogen-bond donors (Lipinski definition) is 0. The number of ether oxygens (including phenoxy) is 5. The van der Waals surface area contributed by atoms with E-state index in [1.807, 2.05) is 0 Å². The molecule has 0 unspecified atom stereocenters. The topological polar surface area (TPSA) is 81.0 Å². The summed E-state index contributed by atoms with van der Waals surface area (Å²) in [5, 5.41) is 4.10. The lowest BCUT2D eigenvalue weighted by atomic mass is 10.2. The highest BCUT2D eigenvalue weighted by Crippen LogP contribution is 2.38. The summed E-state index contributed by atoms with van der Waals surface area (Å²) in [4.78, 5) is 11.9. The first-order chi connectivity index (χ1) is 14.3. The van der Waals surface area contributed by atoms with Crippen molar-refractivity contribution < 1.29 is 41.7 Å². The van der Waals surface area contributed by atoms with Crippen LogP contribution < -0.4 is 4.74 Å². The summed E-state index contributed by atoms with van der Waals surface area (Å²) >= 11 is 0. The Hall–Kier alpha value is -2.63. The zero-order valence-corrected chi connectivity index (χ0v) is 16.2. The van der Waals surface area contributed by atoms with E-state index < -0.39 is 24.5 Å². The first-order valence-corrected chi connectivity index (χ1v) is 9.08. The van der Waals surface area contributed by atoms with Crippen LogP contribution in [0.1, 0.15) is 15.9 Å². The molecule has 1 aromatic carbocycles. The molecule has 1 aromatic heterocycles. The molecule has 0 atom stereocenters. The molecule has 1 fully saturated rings. The van der Waals surface area contributed by atoms with Crippen LogP contribution in [0.2, 0.25) is 0 Å². The standard InChI is InChI=1S/C19H21F3N2O6/c1-26-6-7-27-17(25)15-10-23-24(12-15)11-14-2-4-16(5-3-14)28-13-18(19(20,21)22)29-8-9-30-18/h2-5,10,12H,6-9,11,13H2,1H3. The van der Waals surface area contributed by atoms with E-state index in [0.717, 1.165) is 5.56 Å². The monoisotopic (exact) mass is 430 g/mol. The van der Waals surface area contributed by atoms with E-state index in [2.05, 4.69) is 5.10 Å². The van der Waals surface area contributed by atoms with Crippen LogP contribution in [0.25, 0.3) is 0 Å². The third kappa shape index (κ3) is 5.29. The van der Waals surface area contributed by atoms with Gasteiger partial charge in [0, 0.05) is 13.3 Å². The Labute approximate surface area is 170 Å². The number of rotatable bonds is 9. The molecular formula is C19H21F3N2O6. The van der Waals surface area contributed by atoms with Gasteiger partial charge in [-0.1, -0.05) is 12.1 Å². The van der Waals surface area contributed by atoms with E-state index in [1.54, 1.807) is 23.0 Å². The maximum atomic E-state index is 13.2. The molecule has 0 amide bonds. The van der Waals surface area contributed by atoms with Gasteiger partial charge in [0.25, 0.3) is 0 Å². The number of aromatic nitrogens is 2. The van der Waals surface area contributed by atoms with Crippen molar-refractivity contribution in [3.8, 4) is 5.75 Å². The van der Waals surface area contributed by atoms with Crippen molar-refractivity contribution in [2.45, 2.75) is 18.5 Å². The molecule has 8 nitrogen and oxygen atoms in total. The normalized spacial score (nSPS) is 15.9. The fraction of sp³-hybridized carbons (Fsp3) is 0.474. The maximum Gasteiger partial charge on any atom is 0.447 e. The van der Waals surface area contributed by atoms with Gasteiger partial charge in [0.1, 0.15) is 12.4 Å². The molecule has 3 rings (SSSR count). The summed E-state index contributed by atoms with van der Waals surface area (Å²) in [5.74, 6) is -3.00. The molecule has 2 heterocycles. The largest absolute Gasteiger partial charge is 0.488 e. The molecule has 164 valence electrons. The maximum absolute atomic E-state index is 13.2. The van der Waals surface area contributed by atoms with E-state index >= 15 is 0 Å². The Bertz CT molecular complexity index is 832. The Morgan fingerprint density at radius 1 is 1.20 bits per heavy atom. The molecule has 0 bridgehead atoms. The number of carbonyl (C=O) groups is 1. The molecule has 30 heavy (non-hydrogen) atoms. The predicted molar refractivity (Wildman–Crippen MR) is 96.1 cm³/mol. The molecule has 11 heteroatoms. The molecule has 0 N–H and O–H groups in total. The van der Waals surface area contributed by atoms with Gasteiger partial charge in [-0.3, -0.25) is 4.68 Å². The average Bonchev–Trinajstić information content (AvgIpc) is 3.38. The fourth-order valence-corrected chi connectivity index (χ4v) is 2.70. The number of alkyl halides is 3. The van der Waals surface area contributed by atoms with Crippen LogP contribution in [0, 0.1) is 0 Å². The van der Waals surface area contributed by atoms with Gasteiger partial charge >= 0.3 is 17.9 Å². The van der Waals surface area contributed by atoms with E-state index in [1.165, 1.54) is 25.4 Å². The van der Waals surface area contributed by atoms with E-state index in [9.17, 15) is 18.0 Å². The summed E-state index contributed by atoms with van der Waals surface area (Å²) in [5.41, 5.74) is 1.11. The van der Waals surface area contributed by atoms with Gasteiger partial charge in [0.15, 0.2) is 6.61 Å².